The molecule has 0 bridgehead atoms. The van der Waals surface area contributed by atoms with Gasteiger partial charge in [0, 0.05) is 12.5 Å². The van der Waals surface area contributed by atoms with Crippen molar-refractivity contribution >= 4 is 20.6 Å². The fourth-order valence-corrected chi connectivity index (χ4v) is 4.68. The SMILES string of the molecule is COc1cccc(CS(=O)(=O)c2nc(Cc3cccc4ccccc34)cc(=O)[nH]2)c1. The number of ether oxygens (including phenoxy) is 1. The molecule has 0 unspecified atom stereocenters. The van der Waals surface area contributed by atoms with E-state index in [9.17, 15) is 13.2 Å². The van der Waals surface area contributed by atoms with E-state index in [1.165, 1.54) is 13.2 Å². The molecule has 7 heteroatoms. The predicted molar refractivity (Wildman–Crippen MR) is 115 cm³/mol. The van der Waals surface area contributed by atoms with Crippen molar-refractivity contribution in [3.63, 3.8) is 0 Å². The van der Waals surface area contributed by atoms with Crippen LogP contribution in [0.3, 0.4) is 0 Å². The van der Waals surface area contributed by atoms with Crippen molar-refractivity contribution in [3.05, 3.63) is 100.0 Å². The Labute approximate surface area is 174 Å². The number of aromatic nitrogens is 2. The number of benzene rings is 3. The first kappa shape index (κ1) is 19.8. The zero-order valence-electron chi connectivity index (χ0n) is 16.3. The fourth-order valence-electron chi connectivity index (χ4n) is 3.41. The van der Waals surface area contributed by atoms with Gasteiger partial charge in [0.1, 0.15) is 5.75 Å². The maximum absolute atomic E-state index is 12.9. The highest BCUT2D eigenvalue weighted by Gasteiger charge is 2.20. The lowest BCUT2D eigenvalue weighted by molar-refractivity contribution is 0.414. The highest BCUT2D eigenvalue weighted by atomic mass is 32.2. The third kappa shape index (κ3) is 4.26. The monoisotopic (exact) mass is 420 g/mol. The molecule has 0 radical (unpaired) electrons. The summed E-state index contributed by atoms with van der Waals surface area (Å²) in [6.07, 6.45) is 0.354. The Morgan fingerprint density at radius 3 is 2.57 bits per heavy atom. The number of hydrogen-bond acceptors (Lipinski definition) is 5. The highest BCUT2D eigenvalue weighted by Crippen LogP contribution is 2.21. The van der Waals surface area contributed by atoms with Gasteiger partial charge < -0.3 is 4.74 Å². The van der Waals surface area contributed by atoms with E-state index in [4.69, 9.17) is 4.74 Å². The second-order valence-electron chi connectivity index (χ2n) is 6.97. The second-order valence-corrected chi connectivity index (χ2v) is 8.87. The van der Waals surface area contributed by atoms with Gasteiger partial charge in [-0.15, -0.1) is 0 Å². The van der Waals surface area contributed by atoms with E-state index in [0.717, 1.165) is 16.3 Å². The van der Waals surface area contributed by atoms with Crippen molar-refractivity contribution in [1.29, 1.82) is 0 Å². The Hall–Kier alpha value is -3.45. The topological polar surface area (TPSA) is 89.1 Å². The minimum absolute atomic E-state index is 0.287. The molecule has 0 spiro atoms. The van der Waals surface area contributed by atoms with Crippen LogP contribution in [0.1, 0.15) is 16.8 Å². The van der Waals surface area contributed by atoms with Crippen LogP contribution in [0.25, 0.3) is 10.8 Å². The van der Waals surface area contributed by atoms with Gasteiger partial charge in [-0.1, -0.05) is 54.6 Å². The molecule has 0 fully saturated rings. The first-order chi connectivity index (χ1) is 14.4. The summed E-state index contributed by atoms with van der Waals surface area (Å²) < 4.78 is 30.9. The van der Waals surface area contributed by atoms with Gasteiger partial charge in [-0.05, 0) is 34.0 Å². The van der Waals surface area contributed by atoms with E-state index >= 15 is 0 Å². The number of nitrogens with zero attached hydrogens (tertiary/aromatic N) is 1. The van der Waals surface area contributed by atoms with Crippen LogP contribution in [0.2, 0.25) is 0 Å². The van der Waals surface area contributed by atoms with Crippen LogP contribution in [-0.2, 0) is 22.0 Å². The summed E-state index contributed by atoms with van der Waals surface area (Å²) in [5.41, 5.74) is 1.43. The number of aromatic amines is 1. The van der Waals surface area contributed by atoms with Crippen LogP contribution in [0.5, 0.6) is 5.75 Å². The molecule has 152 valence electrons. The lowest BCUT2D eigenvalue weighted by atomic mass is 10.0. The van der Waals surface area contributed by atoms with Crippen molar-refractivity contribution in [1.82, 2.24) is 9.97 Å². The first-order valence-electron chi connectivity index (χ1n) is 9.37. The molecule has 1 N–H and O–H groups in total. The van der Waals surface area contributed by atoms with Gasteiger partial charge in [0.2, 0.25) is 15.0 Å². The van der Waals surface area contributed by atoms with E-state index in [-0.39, 0.29) is 10.9 Å². The van der Waals surface area contributed by atoms with Crippen LogP contribution in [0.15, 0.2) is 82.7 Å². The quantitative estimate of drug-likeness (QED) is 0.482. The van der Waals surface area contributed by atoms with Crippen LogP contribution in [0, 0.1) is 0 Å². The number of nitrogens with one attached hydrogen (secondary N) is 1. The second kappa shape index (κ2) is 8.12. The van der Waals surface area contributed by atoms with Gasteiger partial charge in [-0.3, -0.25) is 9.78 Å². The average molecular weight is 420 g/mol. The maximum atomic E-state index is 12.9. The minimum Gasteiger partial charge on any atom is -0.497 e. The molecule has 1 aromatic heterocycles. The number of rotatable bonds is 6. The van der Waals surface area contributed by atoms with Crippen LogP contribution in [0.4, 0.5) is 0 Å². The van der Waals surface area contributed by atoms with Gasteiger partial charge in [0.25, 0.3) is 5.56 Å². The average Bonchev–Trinajstić information content (AvgIpc) is 2.73. The molecule has 0 aliphatic rings. The van der Waals surface area contributed by atoms with Gasteiger partial charge in [-0.2, -0.15) is 0 Å². The molecule has 30 heavy (non-hydrogen) atoms. The maximum Gasteiger partial charge on any atom is 0.251 e. The minimum atomic E-state index is -3.84. The van der Waals surface area contributed by atoms with Gasteiger partial charge >= 0.3 is 0 Å². The molecular formula is C23H20N2O4S. The standard InChI is InChI=1S/C23H20N2O4S/c1-29-20-10-4-6-16(12-20)15-30(27,28)23-24-19(14-22(26)25-23)13-18-9-5-8-17-7-2-3-11-21(17)18/h2-12,14H,13,15H2,1H3,(H,24,25,26). The third-order valence-electron chi connectivity index (χ3n) is 4.81. The van der Waals surface area contributed by atoms with Crippen LogP contribution in [-0.4, -0.2) is 25.5 Å². The van der Waals surface area contributed by atoms with Crippen LogP contribution >= 0.6 is 0 Å². The van der Waals surface area contributed by atoms with Crippen molar-refractivity contribution in [2.75, 3.05) is 7.11 Å². The summed E-state index contributed by atoms with van der Waals surface area (Å²) in [6.45, 7) is 0. The van der Waals surface area contributed by atoms with E-state index in [2.05, 4.69) is 9.97 Å². The summed E-state index contributed by atoms with van der Waals surface area (Å²) in [6, 6.07) is 21.9. The van der Waals surface area contributed by atoms with Crippen molar-refractivity contribution < 1.29 is 13.2 Å². The molecule has 4 rings (SSSR count). The van der Waals surface area contributed by atoms with Crippen molar-refractivity contribution in [3.8, 4) is 5.75 Å². The highest BCUT2D eigenvalue weighted by molar-refractivity contribution is 7.90. The number of fused-ring (bicyclic) bond motifs is 1. The fraction of sp³-hybridized carbons (Fsp3) is 0.130. The molecule has 0 saturated heterocycles. The number of hydrogen-bond donors (Lipinski definition) is 1. The first-order valence-corrected chi connectivity index (χ1v) is 11.0. The molecule has 3 aromatic carbocycles. The Kier molecular flexibility index (Phi) is 5.37. The van der Waals surface area contributed by atoms with Crippen molar-refractivity contribution in [2.24, 2.45) is 0 Å². The molecule has 0 amide bonds. The third-order valence-corrected chi connectivity index (χ3v) is 6.31. The van der Waals surface area contributed by atoms with E-state index < -0.39 is 15.4 Å². The zero-order chi connectivity index (χ0) is 21.1. The largest absolute Gasteiger partial charge is 0.497 e. The molecular weight excluding hydrogens is 400 g/mol. The Bertz CT molecular complexity index is 1370. The summed E-state index contributed by atoms with van der Waals surface area (Å²) in [5, 5.41) is 1.79. The molecule has 1 heterocycles. The molecule has 6 nitrogen and oxygen atoms in total. The Morgan fingerprint density at radius 1 is 0.967 bits per heavy atom. The molecule has 0 aliphatic heterocycles. The smallest absolute Gasteiger partial charge is 0.251 e. The van der Waals surface area contributed by atoms with Gasteiger partial charge in [0.05, 0.1) is 18.6 Å². The lowest BCUT2D eigenvalue weighted by Gasteiger charge is -2.09. The zero-order valence-corrected chi connectivity index (χ0v) is 17.1. The van der Waals surface area contributed by atoms with Crippen molar-refractivity contribution in [2.45, 2.75) is 17.3 Å². The Morgan fingerprint density at radius 2 is 1.73 bits per heavy atom. The van der Waals surface area contributed by atoms with E-state index in [0.29, 0.717) is 23.4 Å². The van der Waals surface area contributed by atoms with Gasteiger partial charge in [0.15, 0.2) is 0 Å². The molecule has 4 aromatic rings. The summed E-state index contributed by atoms with van der Waals surface area (Å²) in [7, 11) is -2.32. The number of methoxy groups -OCH3 is 1. The van der Waals surface area contributed by atoms with Gasteiger partial charge in [-0.25, -0.2) is 13.4 Å². The summed E-state index contributed by atoms with van der Waals surface area (Å²) in [5.74, 6) is 0.277. The number of sulfone groups is 1. The molecule has 0 atom stereocenters. The Balaban J connectivity index is 1.68. The normalized spacial score (nSPS) is 11.5. The number of H-pyrrole nitrogens is 1. The molecule has 0 saturated carbocycles. The lowest BCUT2D eigenvalue weighted by Crippen LogP contribution is -2.18. The summed E-state index contributed by atoms with van der Waals surface area (Å²) >= 11 is 0. The van der Waals surface area contributed by atoms with E-state index in [1.54, 1.807) is 24.3 Å². The van der Waals surface area contributed by atoms with Crippen LogP contribution < -0.4 is 10.3 Å². The summed E-state index contributed by atoms with van der Waals surface area (Å²) in [4.78, 5) is 18.8. The van der Waals surface area contributed by atoms with E-state index in [1.807, 2.05) is 42.5 Å². The predicted octanol–water partition coefficient (Wildman–Crippen LogP) is 3.50. The molecule has 0 aliphatic carbocycles.